The number of rotatable bonds is 5. The quantitative estimate of drug-likeness (QED) is 0.843. The molecule has 0 radical (unpaired) electrons. The van der Waals surface area contributed by atoms with Gasteiger partial charge in [-0.1, -0.05) is 54.6 Å². The van der Waals surface area contributed by atoms with Crippen molar-refractivity contribution in [1.82, 2.24) is 10.6 Å². The van der Waals surface area contributed by atoms with Crippen LogP contribution in [0.15, 0.2) is 54.6 Å². The Hall–Kier alpha value is -2.18. The molecule has 0 unspecified atom stereocenters. The largest absolute Gasteiger partial charge is 0.351 e. The van der Waals surface area contributed by atoms with Gasteiger partial charge in [-0.3, -0.25) is 4.79 Å². The summed E-state index contributed by atoms with van der Waals surface area (Å²) in [5, 5.41) is 5.95. The molecule has 0 bridgehead atoms. The van der Waals surface area contributed by atoms with Crippen molar-refractivity contribution in [1.29, 1.82) is 0 Å². The number of piperidine rings is 1. The van der Waals surface area contributed by atoms with E-state index in [-0.39, 0.29) is 0 Å². The van der Waals surface area contributed by atoms with Gasteiger partial charge in [-0.25, -0.2) is 8.42 Å². The summed E-state index contributed by atoms with van der Waals surface area (Å²) in [5.74, 6) is -0.395. The van der Waals surface area contributed by atoms with Crippen molar-refractivity contribution in [2.75, 3.05) is 19.3 Å². The Morgan fingerprint density at radius 1 is 1.00 bits per heavy atom. The van der Waals surface area contributed by atoms with E-state index in [2.05, 4.69) is 10.6 Å². The fourth-order valence-corrected chi connectivity index (χ4v) is 4.74. The molecular weight excluding hydrogens is 348 g/mol. The van der Waals surface area contributed by atoms with E-state index in [0.717, 1.165) is 22.9 Å². The minimum atomic E-state index is -3.49. The summed E-state index contributed by atoms with van der Waals surface area (Å²) in [4.78, 5) is 12.7. The fraction of sp³-hybridized carbons (Fsp3) is 0.350. The van der Waals surface area contributed by atoms with Crippen molar-refractivity contribution in [3.05, 3.63) is 60.2 Å². The van der Waals surface area contributed by atoms with E-state index in [0.29, 0.717) is 32.5 Å². The van der Waals surface area contributed by atoms with E-state index in [1.54, 1.807) is 0 Å². The molecule has 1 saturated heterocycles. The molecular formula is C20H24N2O3S. The molecule has 1 amide bonds. The monoisotopic (exact) mass is 372 g/mol. The van der Waals surface area contributed by atoms with Crippen molar-refractivity contribution in [2.45, 2.75) is 24.1 Å². The summed E-state index contributed by atoms with van der Waals surface area (Å²) in [5.41, 5.74) is 3.18. The highest BCUT2D eigenvalue weighted by Gasteiger charge is 2.48. The van der Waals surface area contributed by atoms with Crippen LogP contribution in [-0.2, 0) is 21.2 Å². The Kier molecular flexibility index (Phi) is 5.44. The van der Waals surface area contributed by atoms with Crippen LogP contribution < -0.4 is 10.6 Å². The standard InChI is InChI=1S/C20H24N2O3S/c1-26(24,25)20(11-13-21-14-12-20)19(23)22-15-16-7-9-18(10-8-16)17-5-3-2-4-6-17/h2-10,21H,11-15H2,1H3,(H,22,23). The number of hydrogen-bond donors (Lipinski definition) is 2. The summed E-state index contributed by atoms with van der Waals surface area (Å²) in [6.07, 6.45) is 1.78. The second kappa shape index (κ2) is 7.60. The van der Waals surface area contributed by atoms with E-state index in [4.69, 9.17) is 0 Å². The van der Waals surface area contributed by atoms with Crippen LogP contribution in [0, 0.1) is 0 Å². The molecule has 2 N–H and O–H groups in total. The zero-order valence-corrected chi connectivity index (χ0v) is 15.7. The van der Waals surface area contributed by atoms with Crippen LogP contribution in [0.25, 0.3) is 11.1 Å². The average molecular weight is 372 g/mol. The van der Waals surface area contributed by atoms with Crippen LogP contribution in [-0.4, -0.2) is 38.4 Å². The average Bonchev–Trinajstić information content (AvgIpc) is 2.67. The van der Waals surface area contributed by atoms with Crippen LogP contribution in [0.2, 0.25) is 0 Å². The summed E-state index contributed by atoms with van der Waals surface area (Å²) < 4.78 is 23.2. The molecule has 26 heavy (non-hydrogen) atoms. The highest BCUT2D eigenvalue weighted by atomic mass is 32.2. The third-order valence-corrected chi connectivity index (χ3v) is 7.06. The molecule has 0 aromatic heterocycles. The molecule has 1 heterocycles. The maximum Gasteiger partial charge on any atom is 0.241 e. The lowest BCUT2D eigenvalue weighted by molar-refractivity contribution is -0.124. The third kappa shape index (κ3) is 3.81. The Morgan fingerprint density at radius 2 is 1.58 bits per heavy atom. The highest BCUT2D eigenvalue weighted by Crippen LogP contribution is 2.28. The van der Waals surface area contributed by atoms with E-state index in [1.807, 2.05) is 54.6 Å². The number of carbonyl (C=O) groups is 1. The molecule has 138 valence electrons. The molecule has 0 aliphatic carbocycles. The SMILES string of the molecule is CS(=O)(=O)C1(C(=O)NCc2ccc(-c3ccccc3)cc2)CCNCC1. The van der Waals surface area contributed by atoms with Gasteiger partial charge in [-0.15, -0.1) is 0 Å². The van der Waals surface area contributed by atoms with Crippen LogP contribution in [0.5, 0.6) is 0 Å². The van der Waals surface area contributed by atoms with Crippen LogP contribution in [0.1, 0.15) is 18.4 Å². The van der Waals surface area contributed by atoms with Gasteiger partial charge in [0.2, 0.25) is 5.91 Å². The lowest BCUT2D eigenvalue weighted by Crippen LogP contribution is -2.57. The van der Waals surface area contributed by atoms with Gasteiger partial charge in [0.25, 0.3) is 0 Å². The van der Waals surface area contributed by atoms with Gasteiger partial charge in [0.05, 0.1) is 0 Å². The fourth-order valence-electron chi connectivity index (χ4n) is 3.39. The molecule has 3 rings (SSSR count). The van der Waals surface area contributed by atoms with Gasteiger partial charge < -0.3 is 10.6 Å². The first kappa shape index (κ1) is 18.6. The van der Waals surface area contributed by atoms with Crippen LogP contribution >= 0.6 is 0 Å². The molecule has 1 aliphatic rings. The minimum absolute atomic E-state index is 0.310. The molecule has 2 aromatic rings. The molecule has 0 spiro atoms. The maximum absolute atomic E-state index is 12.7. The maximum atomic E-state index is 12.7. The molecule has 0 atom stereocenters. The number of amides is 1. The predicted molar refractivity (Wildman–Crippen MR) is 103 cm³/mol. The first-order chi connectivity index (χ1) is 12.4. The Bertz CT molecular complexity index is 856. The smallest absolute Gasteiger partial charge is 0.241 e. The van der Waals surface area contributed by atoms with Crippen LogP contribution in [0.3, 0.4) is 0 Å². The van der Waals surface area contributed by atoms with Gasteiger partial charge >= 0.3 is 0 Å². The van der Waals surface area contributed by atoms with Crippen molar-refractivity contribution >= 4 is 15.7 Å². The van der Waals surface area contributed by atoms with Gasteiger partial charge in [0, 0.05) is 12.8 Å². The molecule has 0 saturated carbocycles. The van der Waals surface area contributed by atoms with Crippen molar-refractivity contribution < 1.29 is 13.2 Å². The van der Waals surface area contributed by atoms with Crippen LogP contribution in [0.4, 0.5) is 0 Å². The van der Waals surface area contributed by atoms with E-state index >= 15 is 0 Å². The Balaban J connectivity index is 1.69. The van der Waals surface area contributed by atoms with Crippen molar-refractivity contribution in [3.8, 4) is 11.1 Å². The van der Waals surface area contributed by atoms with E-state index < -0.39 is 20.5 Å². The normalized spacial score (nSPS) is 16.8. The Morgan fingerprint density at radius 3 is 2.15 bits per heavy atom. The van der Waals surface area contributed by atoms with Gasteiger partial charge in [-0.05, 0) is 42.6 Å². The second-order valence-corrected chi connectivity index (χ2v) is 9.09. The molecule has 2 aromatic carbocycles. The minimum Gasteiger partial charge on any atom is -0.351 e. The molecule has 1 fully saturated rings. The van der Waals surface area contributed by atoms with Crippen molar-refractivity contribution in [2.24, 2.45) is 0 Å². The molecule has 1 aliphatic heterocycles. The van der Waals surface area contributed by atoms with Crippen molar-refractivity contribution in [3.63, 3.8) is 0 Å². The van der Waals surface area contributed by atoms with E-state index in [1.165, 1.54) is 0 Å². The topological polar surface area (TPSA) is 75.3 Å². The summed E-state index contributed by atoms with van der Waals surface area (Å²) >= 11 is 0. The van der Waals surface area contributed by atoms with Gasteiger partial charge in [0.1, 0.15) is 0 Å². The van der Waals surface area contributed by atoms with Gasteiger partial charge in [0.15, 0.2) is 14.6 Å². The van der Waals surface area contributed by atoms with Gasteiger partial charge in [-0.2, -0.15) is 0 Å². The number of benzene rings is 2. The number of hydrogen-bond acceptors (Lipinski definition) is 4. The first-order valence-corrected chi connectivity index (χ1v) is 10.6. The lowest BCUT2D eigenvalue weighted by atomic mass is 9.95. The first-order valence-electron chi connectivity index (χ1n) is 8.75. The highest BCUT2D eigenvalue weighted by molar-refractivity contribution is 7.92. The number of carbonyl (C=O) groups excluding carboxylic acids is 1. The summed E-state index contributed by atoms with van der Waals surface area (Å²) in [7, 11) is -3.49. The van der Waals surface area contributed by atoms with E-state index in [9.17, 15) is 13.2 Å². The number of sulfone groups is 1. The molecule has 6 heteroatoms. The molecule has 5 nitrogen and oxygen atoms in total. The Labute approximate surface area is 154 Å². The zero-order chi connectivity index (χ0) is 18.6. The number of nitrogens with one attached hydrogen (secondary N) is 2. The third-order valence-electron chi connectivity index (χ3n) is 5.05. The zero-order valence-electron chi connectivity index (χ0n) is 14.9. The predicted octanol–water partition coefficient (Wildman–Crippen LogP) is 2.14. The summed E-state index contributed by atoms with van der Waals surface area (Å²) in [6, 6.07) is 18.0. The lowest BCUT2D eigenvalue weighted by Gasteiger charge is -2.34. The second-order valence-electron chi connectivity index (χ2n) is 6.76. The summed E-state index contributed by atoms with van der Waals surface area (Å²) in [6.45, 7) is 1.39.